The van der Waals surface area contributed by atoms with Gasteiger partial charge in [0.05, 0.1) is 20.5 Å². The lowest BCUT2D eigenvalue weighted by atomic mass is 9.71. The third-order valence-electron chi connectivity index (χ3n) is 6.25. The molecule has 4 rings (SSSR count). The Morgan fingerprint density at radius 1 is 1.17 bits per heavy atom. The lowest BCUT2D eigenvalue weighted by molar-refractivity contribution is -0.126. The minimum Gasteiger partial charge on any atom is -0.493 e. The van der Waals surface area contributed by atoms with Gasteiger partial charge in [0.2, 0.25) is 5.91 Å². The standard InChI is InChI=1S/C22H26N2O5/c1-23-20(25)19-14-11-17(27-2)18(28-3)12-15(14)22(8-4-5-9-22)13-24(19)21(26)16-7-6-10-29-16/h6-7,10-12,19H,4-5,8-9,13H2,1-3H3,(H,23,25). The number of methoxy groups -OCH3 is 2. The van der Waals surface area contributed by atoms with Gasteiger partial charge in [0.15, 0.2) is 17.3 Å². The number of hydrogen-bond acceptors (Lipinski definition) is 5. The maximum absolute atomic E-state index is 13.3. The quantitative estimate of drug-likeness (QED) is 0.856. The number of furan rings is 1. The van der Waals surface area contributed by atoms with Crippen LogP contribution in [0.1, 0.15) is 53.4 Å². The summed E-state index contributed by atoms with van der Waals surface area (Å²) in [5.41, 5.74) is 1.65. The Morgan fingerprint density at radius 2 is 1.86 bits per heavy atom. The van der Waals surface area contributed by atoms with Crippen LogP contribution >= 0.6 is 0 Å². The van der Waals surface area contributed by atoms with Crippen LogP contribution in [0.4, 0.5) is 0 Å². The molecule has 1 aromatic carbocycles. The lowest BCUT2D eigenvalue weighted by Gasteiger charge is -2.46. The third-order valence-corrected chi connectivity index (χ3v) is 6.25. The molecule has 1 aliphatic heterocycles. The first kappa shape index (κ1) is 19.4. The van der Waals surface area contributed by atoms with Crippen molar-refractivity contribution in [2.45, 2.75) is 37.1 Å². The van der Waals surface area contributed by atoms with Crippen molar-refractivity contribution in [3.05, 3.63) is 47.4 Å². The summed E-state index contributed by atoms with van der Waals surface area (Å²) in [7, 11) is 4.76. The van der Waals surface area contributed by atoms with Gasteiger partial charge in [-0.25, -0.2) is 0 Å². The molecule has 1 atom stereocenters. The second-order valence-electron chi connectivity index (χ2n) is 7.71. The first-order valence-electron chi connectivity index (χ1n) is 9.87. The predicted molar refractivity (Wildman–Crippen MR) is 106 cm³/mol. The zero-order valence-corrected chi connectivity index (χ0v) is 17.0. The first-order chi connectivity index (χ1) is 14.0. The summed E-state index contributed by atoms with van der Waals surface area (Å²) in [6, 6.07) is 6.38. The summed E-state index contributed by atoms with van der Waals surface area (Å²) in [4.78, 5) is 27.9. The van der Waals surface area contributed by atoms with E-state index in [9.17, 15) is 9.59 Å². The highest BCUT2D eigenvalue weighted by molar-refractivity contribution is 5.96. The molecule has 1 fully saturated rings. The van der Waals surface area contributed by atoms with Crippen LogP contribution in [-0.2, 0) is 10.2 Å². The monoisotopic (exact) mass is 398 g/mol. The van der Waals surface area contributed by atoms with Gasteiger partial charge >= 0.3 is 0 Å². The average Bonchev–Trinajstić information content (AvgIpc) is 3.44. The average molecular weight is 398 g/mol. The van der Waals surface area contributed by atoms with E-state index in [0.717, 1.165) is 36.8 Å². The molecule has 7 heteroatoms. The van der Waals surface area contributed by atoms with E-state index in [2.05, 4.69) is 5.32 Å². The molecule has 1 N–H and O–H groups in total. The molecule has 29 heavy (non-hydrogen) atoms. The highest BCUT2D eigenvalue weighted by Crippen LogP contribution is 2.51. The van der Waals surface area contributed by atoms with Gasteiger partial charge in [-0.05, 0) is 48.2 Å². The van der Waals surface area contributed by atoms with E-state index in [-0.39, 0.29) is 23.0 Å². The van der Waals surface area contributed by atoms with Gasteiger partial charge in [0, 0.05) is 19.0 Å². The van der Waals surface area contributed by atoms with Gasteiger partial charge < -0.3 is 24.1 Å². The number of amides is 2. The minimum atomic E-state index is -0.765. The van der Waals surface area contributed by atoms with Crippen LogP contribution < -0.4 is 14.8 Å². The molecule has 7 nitrogen and oxygen atoms in total. The van der Waals surface area contributed by atoms with E-state index in [0.29, 0.717) is 18.0 Å². The van der Waals surface area contributed by atoms with Gasteiger partial charge in [-0.3, -0.25) is 9.59 Å². The number of hydrogen-bond donors (Lipinski definition) is 1. The third kappa shape index (κ3) is 3.05. The van der Waals surface area contributed by atoms with Crippen molar-refractivity contribution in [3.8, 4) is 11.5 Å². The Morgan fingerprint density at radius 3 is 2.45 bits per heavy atom. The van der Waals surface area contributed by atoms with E-state index >= 15 is 0 Å². The van der Waals surface area contributed by atoms with Crippen molar-refractivity contribution in [1.29, 1.82) is 0 Å². The molecule has 2 aromatic rings. The second kappa shape index (κ2) is 7.46. The predicted octanol–water partition coefficient (Wildman–Crippen LogP) is 3.05. The Bertz CT molecular complexity index is 916. The Hall–Kier alpha value is -2.96. The number of benzene rings is 1. The lowest BCUT2D eigenvalue weighted by Crippen LogP contribution is -2.53. The molecule has 2 heterocycles. The number of rotatable bonds is 4. The van der Waals surface area contributed by atoms with Crippen molar-refractivity contribution >= 4 is 11.8 Å². The Labute approximate surface area is 170 Å². The Kier molecular flexibility index (Phi) is 4.98. The van der Waals surface area contributed by atoms with Gasteiger partial charge in [-0.2, -0.15) is 0 Å². The van der Waals surface area contributed by atoms with Gasteiger partial charge in [0.1, 0.15) is 6.04 Å². The van der Waals surface area contributed by atoms with Gasteiger partial charge in [-0.1, -0.05) is 12.8 Å². The minimum absolute atomic E-state index is 0.207. The van der Waals surface area contributed by atoms with Crippen LogP contribution in [0.15, 0.2) is 34.9 Å². The first-order valence-corrected chi connectivity index (χ1v) is 9.87. The largest absolute Gasteiger partial charge is 0.493 e. The van der Waals surface area contributed by atoms with Crippen LogP contribution in [0, 0.1) is 0 Å². The fraction of sp³-hybridized carbons (Fsp3) is 0.455. The molecule has 1 unspecified atom stereocenters. The molecule has 1 aliphatic carbocycles. The maximum Gasteiger partial charge on any atom is 0.290 e. The van der Waals surface area contributed by atoms with Crippen molar-refractivity contribution in [2.75, 3.05) is 27.8 Å². The molecule has 154 valence electrons. The summed E-state index contributed by atoms with van der Waals surface area (Å²) in [5.74, 6) is 0.886. The SMILES string of the molecule is CNC(=O)C1c2cc(OC)c(OC)cc2C2(CCCC2)CN1C(=O)c1ccco1. The molecular weight excluding hydrogens is 372 g/mol. The van der Waals surface area contributed by atoms with E-state index in [1.54, 1.807) is 38.3 Å². The number of fused-ring (bicyclic) bond motifs is 2. The molecular formula is C22H26N2O5. The van der Waals surface area contributed by atoms with Crippen molar-refractivity contribution < 1.29 is 23.5 Å². The highest BCUT2D eigenvalue weighted by Gasteiger charge is 2.49. The molecule has 0 saturated heterocycles. The van der Waals surface area contributed by atoms with Crippen LogP contribution in [0.3, 0.4) is 0 Å². The fourth-order valence-electron chi connectivity index (χ4n) is 4.88. The Balaban J connectivity index is 1.92. The van der Waals surface area contributed by atoms with E-state index in [1.165, 1.54) is 6.26 Å². The summed E-state index contributed by atoms with van der Waals surface area (Å²) in [6.07, 6.45) is 5.55. The number of carbonyl (C=O) groups excluding carboxylic acids is 2. The smallest absolute Gasteiger partial charge is 0.290 e. The zero-order chi connectivity index (χ0) is 20.6. The van der Waals surface area contributed by atoms with Crippen molar-refractivity contribution in [3.63, 3.8) is 0 Å². The summed E-state index contributed by atoms with van der Waals surface area (Å²) in [6.45, 7) is 0.465. The number of nitrogens with one attached hydrogen (secondary N) is 1. The normalized spacial score (nSPS) is 19.7. The topological polar surface area (TPSA) is 81.0 Å². The van der Waals surface area contributed by atoms with E-state index in [1.807, 2.05) is 12.1 Å². The maximum atomic E-state index is 13.3. The molecule has 1 aromatic heterocycles. The molecule has 0 bridgehead atoms. The van der Waals surface area contributed by atoms with E-state index in [4.69, 9.17) is 13.9 Å². The molecule has 0 radical (unpaired) electrons. The number of ether oxygens (including phenoxy) is 2. The number of likely N-dealkylation sites (N-methyl/N-ethyl adjacent to an activating group) is 1. The van der Waals surface area contributed by atoms with Crippen LogP contribution in [0.2, 0.25) is 0 Å². The molecule has 1 saturated carbocycles. The number of carbonyl (C=O) groups is 2. The summed E-state index contributed by atoms with van der Waals surface area (Å²) in [5, 5.41) is 2.72. The van der Waals surface area contributed by atoms with Gasteiger partial charge in [0.25, 0.3) is 5.91 Å². The summed E-state index contributed by atoms with van der Waals surface area (Å²) < 4.78 is 16.4. The van der Waals surface area contributed by atoms with E-state index < -0.39 is 6.04 Å². The fourth-order valence-corrected chi connectivity index (χ4v) is 4.88. The van der Waals surface area contributed by atoms with Crippen molar-refractivity contribution in [2.24, 2.45) is 0 Å². The second-order valence-corrected chi connectivity index (χ2v) is 7.71. The summed E-state index contributed by atoms with van der Waals surface area (Å²) >= 11 is 0. The highest BCUT2D eigenvalue weighted by atomic mass is 16.5. The molecule has 2 aliphatic rings. The van der Waals surface area contributed by atoms with Crippen LogP contribution in [0.5, 0.6) is 11.5 Å². The zero-order valence-electron chi connectivity index (χ0n) is 17.0. The number of nitrogens with zero attached hydrogens (tertiary/aromatic N) is 1. The van der Waals surface area contributed by atoms with Crippen LogP contribution in [0.25, 0.3) is 0 Å². The van der Waals surface area contributed by atoms with Crippen LogP contribution in [-0.4, -0.2) is 44.5 Å². The van der Waals surface area contributed by atoms with Crippen molar-refractivity contribution in [1.82, 2.24) is 10.2 Å². The van der Waals surface area contributed by atoms with Gasteiger partial charge in [-0.15, -0.1) is 0 Å². The molecule has 2 amide bonds. The molecule has 1 spiro atoms.